The van der Waals surface area contributed by atoms with Crippen LogP contribution in [-0.4, -0.2) is 23.5 Å². The van der Waals surface area contributed by atoms with Crippen molar-refractivity contribution >= 4 is 11.9 Å². The van der Waals surface area contributed by atoms with E-state index in [9.17, 15) is 9.59 Å². The SMILES string of the molecule is CCC1C(=O)NC[C@@H]1C(=O)O. The third-order valence-corrected chi connectivity index (χ3v) is 2.08. The highest BCUT2D eigenvalue weighted by Crippen LogP contribution is 2.20. The topological polar surface area (TPSA) is 66.4 Å². The van der Waals surface area contributed by atoms with Crippen molar-refractivity contribution in [3.05, 3.63) is 0 Å². The molecular formula is C7H11NO3. The van der Waals surface area contributed by atoms with Crippen molar-refractivity contribution in [1.82, 2.24) is 5.32 Å². The number of carbonyl (C=O) groups excluding carboxylic acids is 1. The lowest BCUT2D eigenvalue weighted by Gasteiger charge is -2.08. The zero-order valence-electron chi connectivity index (χ0n) is 6.33. The van der Waals surface area contributed by atoms with Crippen molar-refractivity contribution in [2.75, 3.05) is 6.54 Å². The molecular weight excluding hydrogens is 146 g/mol. The fraction of sp³-hybridized carbons (Fsp3) is 0.714. The molecule has 1 aliphatic heterocycles. The van der Waals surface area contributed by atoms with E-state index >= 15 is 0 Å². The molecule has 4 nitrogen and oxygen atoms in total. The van der Waals surface area contributed by atoms with Crippen molar-refractivity contribution in [2.24, 2.45) is 11.8 Å². The predicted octanol–water partition coefficient (Wildman–Crippen LogP) is -0.157. The molecule has 2 atom stereocenters. The molecule has 1 aliphatic rings. The number of aliphatic carboxylic acids is 1. The van der Waals surface area contributed by atoms with E-state index in [1.807, 2.05) is 6.92 Å². The van der Waals surface area contributed by atoms with Gasteiger partial charge in [0.1, 0.15) is 0 Å². The normalized spacial score (nSPS) is 30.1. The molecule has 0 radical (unpaired) electrons. The Morgan fingerprint density at radius 1 is 1.82 bits per heavy atom. The van der Waals surface area contributed by atoms with Gasteiger partial charge in [0, 0.05) is 6.54 Å². The van der Waals surface area contributed by atoms with Crippen LogP contribution in [-0.2, 0) is 9.59 Å². The summed E-state index contributed by atoms with van der Waals surface area (Å²) in [7, 11) is 0. The van der Waals surface area contributed by atoms with Gasteiger partial charge in [-0.05, 0) is 6.42 Å². The molecule has 11 heavy (non-hydrogen) atoms. The van der Waals surface area contributed by atoms with Crippen LogP contribution in [0.4, 0.5) is 0 Å². The molecule has 0 aromatic heterocycles. The lowest BCUT2D eigenvalue weighted by Crippen LogP contribution is -2.23. The highest BCUT2D eigenvalue weighted by molar-refractivity contribution is 5.88. The molecule has 4 heteroatoms. The number of hydrogen-bond acceptors (Lipinski definition) is 2. The minimum atomic E-state index is -0.879. The zero-order chi connectivity index (χ0) is 8.43. The van der Waals surface area contributed by atoms with Crippen LogP contribution < -0.4 is 5.32 Å². The van der Waals surface area contributed by atoms with Gasteiger partial charge in [0.05, 0.1) is 11.8 Å². The minimum Gasteiger partial charge on any atom is -0.481 e. The van der Waals surface area contributed by atoms with Crippen LogP contribution in [0.15, 0.2) is 0 Å². The molecule has 1 saturated heterocycles. The van der Waals surface area contributed by atoms with Gasteiger partial charge in [0.25, 0.3) is 0 Å². The molecule has 1 heterocycles. The first-order valence-corrected chi connectivity index (χ1v) is 3.67. The second-order valence-corrected chi connectivity index (χ2v) is 2.70. The number of carboxylic acids is 1. The summed E-state index contributed by atoms with van der Waals surface area (Å²) in [4.78, 5) is 21.5. The second-order valence-electron chi connectivity index (χ2n) is 2.70. The van der Waals surface area contributed by atoms with E-state index in [2.05, 4.69) is 5.32 Å². The monoisotopic (exact) mass is 157 g/mol. The third kappa shape index (κ3) is 1.34. The summed E-state index contributed by atoms with van der Waals surface area (Å²) < 4.78 is 0. The molecule has 0 aromatic carbocycles. The fourth-order valence-corrected chi connectivity index (χ4v) is 1.40. The summed E-state index contributed by atoms with van der Waals surface area (Å²) in [6, 6.07) is 0. The summed E-state index contributed by atoms with van der Waals surface area (Å²) in [5.41, 5.74) is 0. The first kappa shape index (κ1) is 8.04. The quantitative estimate of drug-likeness (QED) is 0.585. The Bertz CT molecular complexity index is 190. The molecule has 0 saturated carbocycles. The molecule has 1 amide bonds. The predicted molar refractivity (Wildman–Crippen MR) is 37.9 cm³/mol. The Morgan fingerprint density at radius 2 is 2.45 bits per heavy atom. The van der Waals surface area contributed by atoms with Gasteiger partial charge in [-0.1, -0.05) is 6.92 Å². The van der Waals surface area contributed by atoms with Crippen molar-refractivity contribution < 1.29 is 14.7 Å². The van der Waals surface area contributed by atoms with Crippen LogP contribution in [0.25, 0.3) is 0 Å². The highest BCUT2D eigenvalue weighted by atomic mass is 16.4. The Balaban J connectivity index is 2.68. The Kier molecular flexibility index (Phi) is 2.12. The number of carbonyl (C=O) groups is 2. The first-order valence-electron chi connectivity index (χ1n) is 3.67. The number of rotatable bonds is 2. The molecule has 62 valence electrons. The molecule has 0 aromatic rings. The van der Waals surface area contributed by atoms with Crippen LogP contribution in [0.5, 0.6) is 0 Å². The van der Waals surface area contributed by atoms with Crippen molar-refractivity contribution in [2.45, 2.75) is 13.3 Å². The van der Waals surface area contributed by atoms with E-state index in [4.69, 9.17) is 5.11 Å². The number of amides is 1. The Morgan fingerprint density at radius 3 is 2.82 bits per heavy atom. The minimum absolute atomic E-state index is 0.125. The molecule has 1 fully saturated rings. The average Bonchev–Trinajstić information content (AvgIpc) is 2.30. The molecule has 0 bridgehead atoms. The lowest BCUT2D eigenvalue weighted by molar-refractivity contribution is -0.143. The van der Waals surface area contributed by atoms with E-state index in [-0.39, 0.29) is 18.4 Å². The van der Waals surface area contributed by atoms with Gasteiger partial charge in [-0.2, -0.15) is 0 Å². The lowest BCUT2D eigenvalue weighted by atomic mass is 9.93. The molecule has 0 aliphatic carbocycles. The summed E-state index contributed by atoms with van der Waals surface area (Å²) in [6.07, 6.45) is 0.600. The third-order valence-electron chi connectivity index (χ3n) is 2.08. The van der Waals surface area contributed by atoms with Gasteiger partial charge in [-0.25, -0.2) is 0 Å². The summed E-state index contributed by atoms with van der Waals surface area (Å²) in [6.45, 7) is 2.11. The Hall–Kier alpha value is -1.06. The van der Waals surface area contributed by atoms with E-state index in [0.29, 0.717) is 6.42 Å². The highest BCUT2D eigenvalue weighted by Gasteiger charge is 2.37. The second kappa shape index (κ2) is 2.90. The van der Waals surface area contributed by atoms with Crippen LogP contribution in [0.3, 0.4) is 0 Å². The van der Waals surface area contributed by atoms with Gasteiger partial charge >= 0.3 is 5.97 Å². The number of hydrogen-bond donors (Lipinski definition) is 2. The number of nitrogens with one attached hydrogen (secondary N) is 1. The van der Waals surface area contributed by atoms with Gasteiger partial charge in [-0.3, -0.25) is 9.59 Å². The summed E-state index contributed by atoms with van der Waals surface area (Å²) in [5.74, 6) is -1.85. The van der Waals surface area contributed by atoms with Gasteiger partial charge in [0.2, 0.25) is 5.91 Å². The van der Waals surface area contributed by atoms with Crippen LogP contribution >= 0.6 is 0 Å². The number of carboxylic acid groups (broad SMARTS) is 1. The van der Waals surface area contributed by atoms with Crippen molar-refractivity contribution in [3.63, 3.8) is 0 Å². The van der Waals surface area contributed by atoms with Crippen LogP contribution in [0.2, 0.25) is 0 Å². The van der Waals surface area contributed by atoms with Crippen molar-refractivity contribution in [3.8, 4) is 0 Å². The van der Waals surface area contributed by atoms with Gasteiger partial charge in [0.15, 0.2) is 0 Å². The van der Waals surface area contributed by atoms with E-state index < -0.39 is 11.9 Å². The largest absolute Gasteiger partial charge is 0.481 e. The standard InChI is InChI=1S/C7H11NO3/c1-2-4-5(7(10)11)3-8-6(4)9/h4-5H,2-3H2,1H3,(H,8,9)(H,10,11)/t4?,5-/m0/s1. The molecule has 0 spiro atoms. The first-order chi connectivity index (χ1) is 5.16. The smallest absolute Gasteiger partial charge is 0.309 e. The fourth-order valence-electron chi connectivity index (χ4n) is 1.40. The van der Waals surface area contributed by atoms with Crippen molar-refractivity contribution in [1.29, 1.82) is 0 Å². The van der Waals surface area contributed by atoms with Gasteiger partial charge in [-0.15, -0.1) is 0 Å². The molecule has 1 unspecified atom stereocenters. The maximum Gasteiger partial charge on any atom is 0.309 e. The van der Waals surface area contributed by atoms with E-state index in [0.717, 1.165) is 0 Å². The Labute approximate surface area is 64.6 Å². The van der Waals surface area contributed by atoms with Crippen LogP contribution in [0, 0.1) is 11.8 Å². The van der Waals surface area contributed by atoms with E-state index in [1.165, 1.54) is 0 Å². The average molecular weight is 157 g/mol. The summed E-state index contributed by atoms with van der Waals surface area (Å²) >= 11 is 0. The maximum atomic E-state index is 10.9. The maximum absolute atomic E-state index is 10.9. The zero-order valence-corrected chi connectivity index (χ0v) is 6.33. The molecule has 2 N–H and O–H groups in total. The molecule has 1 rings (SSSR count). The van der Waals surface area contributed by atoms with E-state index in [1.54, 1.807) is 0 Å². The van der Waals surface area contributed by atoms with Crippen LogP contribution in [0.1, 0.15) is 13.3 Å². The van der Waals surface area contributed by atoms with Gasteiger partial charge < -0.3 is 10.4 Å². The summed E-state index contributed by atoms with van der Waals surface area (Å²) in [5, 5.41) is 11.2.